The molecule has 200 valence electrons. The summed E-state index contributed by atoms with van der Waals surface area (Å²) in [7, 11) is 0. The molecule has 1 aromatic heterocycles. The summed E-state index contributed by atoms with van der Waals surface area (Å²) >= 11 is 0. The van der Waals surface area contributed by atoms with Gasteiger partial charge >= 0.3 is 30.0 Å². The maximum absolute atomic E-state index is 12.2. The average molecular weight is 520 g/mol. The minimum atomic E-state index is -1.46. The lowest BCUT2D eigenvalue weighted by atomic mass is 10.1. The molecule has 37 heavy (non-hydrogen) atoms. The van der Waals surface area contributed by atoms with E-state index in [-0.39, 0.29) is 31.7 Å². The molecule has 1 heterocycles. The van der Waals surface area contributed by atoms with Crippen LogP contribution in [0.4, 0.5) is 9.59 Å². The van der Waals surface area contributed by atoms with Crippen LogP contribution in [0.3, 0.4) is 0 Å². The highest BCUT2D eigenvalue weighted by Crippen LogP contribution is 2.04. The molecule has 0 saturated heterocycles. The second-order valence-corrected chi connectivity index (χ2v) is 7.89. The van der Waals surface area contributed by atoms with E-state index in [1.165, 1.54) is 6.20 Å². The molecule has 0 saturated carbocycles. The molecule has 0 spiro atoms. The minimum absolute atomic E-state index is 0.0325. The monoisotopic (exact) mass is 520 g/mol. The summed E-state index contributed by atoms with van der Waals surface area (Å²) in [5.41, 5.74) is 0.958. The van der Waals surface area contributed by atoms with Crippen LogP contribution in [0, 0.1) is 0 Å². The summed E-state index contributed by atoms with van der Waals surface area (Å²) in [6, 6.07) is 5.34. The summed E-state index contributed by atoms with van der Waals surface area (Å²) in [6.45, 7) is -0.121. The Bertz CT molecular complexity index is 1080. The number of benzene rings is 1. The number of hydrogen-bond donors (Lipinski definition) is 6. The molecular formula is C22H28N6O9. The molecule has 1 unspecified atom stereocenters. The van der Waals surface area contributed by atoms with E-state index < -0.39 is 48.7 Å². The molecular weight excluding hydrogens is 492 g/mol. The van der Waals surface area contributed by atoms with Gasteiger partial charge in [-0.05, 0) is 24.8 Å². The van der Waals surface area contributed by atoms with Gasteiger partial charge in [-0.2, -0.15) is 0 Å². The van der Waals surface area contributed by atoms with E-state index in [1.54, 1.807) is 0 Å². The van der Waals surface area contributed by atoms with Crippen LogP contribution in [-0.4, -0.2) is 79.0 Å². The number of nitrogens with zero attached hydrogens (tertiary/aromatic N) is 3. The Morgan fingerprint density at radius 2 is 1.62 bits per heavy atom. The van der Waals surface area contributed by atoms with Crippen LogP contribution < -0.4 is 16.0 Å². The van der Waals surface area contributed by atoms with Crippen molar-refractivity contribution in [3.63, 3.8) is 0 Å². The van der Waals surface area contributed by atoms with E-state index >= 15 is 0 Å². The zero-order chi connectivity index (χ0) is 27.2. The number of carboxylic acid groups (broad SMARTS) is 3. The second-order valence-electron chi connectivity index (χ2n) is 7.89. The predicted molar refractivity (Wildman–Crippen MR) is 124 cm³/mol. The molecule has 3 amide bonds. The fourth-order valence-electron chi connectivity index (χ4n) is 3.11. The summed E-state index contributed by atoms with van der Waals surface area (Å²) in [5.74, 6) is -3.88. The number of ether oxygens (including phenoxy) is 1. The summed E-state index contributed by atoms with van der Waals surface area (Å²) in [6.07, 6.45) is 1.10. The largest absolute Gasteiger partial charge is 0.480 e. The van der Waals surface area contributed by atoms with Crippen LogP contribution in [0.1, 0.15) is 30.5 Å². The summed E-state index contributed by atoms with van der Waals surface area (Å²) in [4.78, 5) is 57.7. The number of urea groups is 1. The first-order chi connectivity index (χ1) is 17.6. The molecule has 0 fully saturated rings. The highest BCUT2D eigenvalue weighted by Gasteiger charge is 2.25. The van der Waals surface area contributed by atoms with E-state index in [9.17, 15) is 34.2 Å². The fourth-order valence-corrected chi connectivity index (χ4v) is 3.11. The van der Waals surface area contributed by atoms with E-state index in [1.807, 2.05) is 30.3 Å². The van der Waals surface area contributed by atoms with Crippen molar-refractivity contribution in [3.05, 3.63) is 47.8 Å². The normalized spacial score (nSPS) is 12.1. The van der Waals surface area contributed by atoms with Crippen molar-refractivity contribution in [1.82, 2.24) is 30.9 Å². The van der Waals surface area contributed by atoms with Crippen LogP contribution in [0.15, 0.2) is 36.5 Å². The molecule has 0 bridgehead atoms. The van der Waals surface area contributed by atoms with Crippen molar-refractivity contribution in [2.45, 2.75) is 50.9 Å². The van der Waals surface area contributed by atoms with Crippen molar-refractivity contribution >= 4 is 30.0 Å². The van der Waals surface area contributed by atoms with Crippen LogP contribution in [0.5, 0.6) is 0 Å². The number of amides is 3. The Balaban J connectivity index is 1.73. The Morgan fingerprint density at radius 3 is 2.27 bits per heavy atom. The third-order valence-electron chi connectivity index (χ3n) is 4.91. The van der Waals surface area contributed by atoms with Gasteiger partial charge in [-0.1, -0.05) is 35.5 Å². The zero-order valence-corrected chi connectivity index (χ0v) is 19.7. The number of aliphatic carboxylic acids is 3. The van der Waals surface area contributed by atoms with Crippen molar-refractivity contribution in [3.8, 4) is 0 Å². The number of nitrogens with one attached hydrogen (secondary N) is 3. The van der Waals surface area contributed by atoms with Gasteiger partial charge in [0.2, 0.25) is 0 Å². The van der Waals surface area contributed by atoms with Crippen LogP contribution >= 0.6 is 0 Å². The third kappa shape index (κ3) is 11.1. The van der Waals surface area contributed by atoms with Gasteiger partial charge in [0, 0.05) is 19.2 Å². The maximum atomic E-state index is 12.2. The number of carboxylic acids is 3. The lowest BCUT2D eigenvalue weighted by Gasteiger charge is -2.18. The Morgan fingerprint density at radius 1 is 0.946 bits per heavy atom. The lowest BCUT2D eigenvalue weighted by molar-refractivity contribution is -0.139. The van der Waals surface area contributed by atoms with Gasteiger partial charge in [0.15, 0.2) is 0 Å². The van der Waals surface area contributed by atoms with E-state index in [4.69, 9.17) is 9.84 Å². The lowest BCUT2D eigenvalue weighted by Crippen LogP contribution is -2.51. The molecule has 15 nitrogen and oxygen atoms in total. The molecule has 0 aliphatic heterocycles. The number of alkyl carbamates (subject to hydrolysis) is 1. The third-order valence-corrected chi connectivity index (χ3v) is 4.91. The molecule has 1 aromatic carbocycles. The van der Waals surface area contributed by atoms with Gasteiger partial charge in [-0.25, -0.2) is 23.9 Å². The van der Waals surface area contributed by atoms with E-state index in [0.717, 1.165) is 10.2 Å². The molecule has 0 aliphatic rings. The van der Waals surface area contributed by atoms with Crippen molar-refractivity contribution in [1.29, 1.82) is 0 Å². The van der Waals surface area contributed by atoms with Crippen molar-refractivity contribution in [2.24, 2.45) is 0 Å². The average Bonchev–Trinajstić information content (AvgIpc) is 3.27. The first-order valence-electron chi connectivity index (χ1n) is 11.2. The predicted octanol–water partition coefficient (Wildman–Crippen LogP) is 0.208. The number of carbonyl (C=O) groups is 5. The summed E-state index contributed by atoms with van der Waals surface area (Å²) < 4.78 is 6.07. The maximum Gasteiger partial charge on any atom is 0.407 e. The number of rotatable bonds is 15. The number of hydrogen-bond acceptors (Lipinski definition) is 8. The van der Waals surface area contributed by atoms with Gasteiger partial charge in [0.05, 0.1) is 5.69 Å². The number of carbonyl (C=O) groups excluding carboxylic acids is 2. The second kappa shape index (κ2) is 14.7. The Hall–Kier alpha value is -4.69. The summed E-state index contributed by atoms with van der Waals surface area (Å²) in [5, 5.41) is 41.7. The van der Waals surface area contributed by atoms with Crippen molar-refractivity contribution in [2.75, 3.05) is 6.54 Å². The topological polar surface area (TPSA) is 222 Å². The van der Waals surface area contributed by atoms with Crippen LogP contribution in [0.25, 0.3) is 0 Å². The van der Waals surface area contributed by atoms with Gasteiger partial charge < -0.3 is 36.0 Å². The quantitative estimate of drug-likeness (QED) is 0.174. The molecule has 15 heteroatoms. The SMILES string of the molecule is O=C(O)Cn1cc(C[C@H](NC(=O)NC(CCCCNC(=O)OCc2ccccc2)C(=O)O)C(=O)O)nn1. The highest BCUT2D eigenvalue weighted by atomic mass is 16.5. The van der Waals surface area contributed by atoms with E-state index in [2.05, 4.69) is 26.3 Å². The van der Waals surface area contributed by atoms with Gasteiger partial charge in [-0.15, -0.1) is 5.10 Å². The van der Waals surface area contributed by atoms with Gasteiger partial charge in [-0.3, -0.25) is 4.79 Å². The first kappa shape index (κ1) is 28.5. The van der Waals surface area contributed by atoms with E-state index in [0.29, 0.717) is 12.8 Å². The van der Waals surface area contributed by atoms with Crippen LogP contribution in [0.2, 0.25) is 0 Å². The Kier molecular flexibility index (Phi) is 11.3. The molecule has 2 aromatic rings. The molecule has 0 radical (unpaired) electrons. The minimum Gasteiger partial charge on any atom is -0.480 e. The Labute approximate surface area is 210 Å². The standard InChI is InChI=1S/C22H28N6O9/c29-18(30)12-28-11-15(26-27-28)10-17(20(33)34)25-21(35)24-16(19(31)32)8-4-5-9-23-22(36)37-13-14-6-2-1-3-7-14/h1-3,6-7,11,16-17H,4-5,8-10,12-13H2,(H,23,36)(H,29,30)(H,31,32)(H,33,34)(H2,24,25,35)/t16?,17-/m0/s1. The molecule has 2 atom stereocenters. The molecule has 2 rings (SSSR count). The fraction of sp³-hybridized carbons (Fsp3) is 0.409. The highest BCUT2D eigenvalue weighted by molar-refractivity contribution is 5.86. The number of aromatic nitrogens is 3. The van der Waals surface area contributed by atoms with Crippen molar-refractivity contribution < 1.29 is 44.0 Å². The molecule has 0 aliphatic carbocycles. The van der Waals surface area contributed by atoms with Crippen LogP contribution in [-0.2, 0) is 38.7 Å². The first-order valence-corrected chi connectivity index (χ1v) is 11.2. The number of unbranched alkanes of at least 4 members (excludes halogenated alkanes) is 1. The zero-order valence-electron chi connectivity index (χ0n) is 19.7. The smallest absolute Gasteiger partial charge is 0.407 e. The van der Waals surface area contributed by atoms with Gasteiger partial charge in [0.25, 0.3) is 0 Å². The molecule has 6 N–H and O–H groups in total. The van der Waals surface area contributed by atoms with Gasteiger partial charge in [0.1, 0.15) is 25.2 Å².